The molecule has 0 aliphatic carbocycles. The van der Waals surface area contributed by atoms with Crippen LogP contribution < -0.4 is 4.90 Å². The van der Waals surface area contributed by atoms with Crippen LogP contribution in [0.15, 0.2) is 205 Å². The summed E-state index contributed by atoms with van der Waals surface area (Å²) in [5.74, 6) is 0. The zero-order chi connectivity index (χ0) is 36.3. The molecule has 2 aromatic heterocycles. The molecule has 0 atom stereocenters. The number of thiophene rings is 1. The highest BCUT2D eigenvalue weighted by Gasteiger charge is 2.16. The molecule has 0 bridgehead atoms. The number of rotatable bonds is 6. The topological polar surface area (TPSA) is 16.4 Å². The summed E-state index contributed by atoms with van der Waals surface area (Å²) in [6.07, 6.45) is 0. The Balaban J connectivity index is 0.973. The average molecular weight is 720 g/mol. The number of hydrogen-bond donors (Lipinski definition) is 0. The minimum absolute atomic E-state index is 0.922. The van der Waals surface area contributed by atoms with Gasteiger partial charge in [-0.15, -0.1) is 11.3 Å². The molecule has 9 aromatic carbocycles. The minimum atomic E-state index is 0.922. The first-order valence-corrected chi connectivity index (χ1v) is 19.5. The quantitative estimate of drug-likeness (QED) is 0.170. The van der Waals surface area contributed by atoms with E-state index in [9.17, 15) is 0 Å². The Morgan fingerprint density at radius 2 is 0.927 bits per heavy atom. The zero-order valence-electron chi connectivity index (χ0n) is 29.8. The molecule has 2 heterocycles. The standard InChI is InChI=1S/C52H33NOS/c1-2-9-34(10-3-1)35-19-25-41(26-20-35)53(43-29-23-37(24-30-43)44-13-8-14-47-46-12-5-7-16-51(46)55-52(44)47)42-27-21-36(22-28-42)38-17-18-39-33-50-48(32-40(39)31-38)45-11-4-6-15-49(45)54-50/h1-33H. The van der Waals surface area contributed by atoms with Crippen molar-refractivity contribution in [2.45, 2.75) is 0 Å². The average Bonchev–Trinajstić information content (AvgIpc) is 3.82. The van der Waals surface area contributed by atoms with E-state index < -0.39 is 0 Å². The van der Waals surface area contributed by atoms with Gasteiger partial charge in [0.25, 0.3) is 0 Å². The van der Waals surface area contributed by atoms with E-state index in [4.69, 9.17) is 4.42 Å². The van der Waals surface area contributed by atoms with Crippen molar-refractivity contribution in [2.75, 3.05) is 4.90 Å². The predicted molar refractivity (Wildman–Crippen MR) is 235 cm³/mol. The lowest BCUT2D eigenvalue weighted by atomic mass is 9.99. The first-order valence-electron chi connectivity index (χ1n) is 18.7. The Morgan fingerprint density at radius 1 is 0.345 bits per heavy atom. The van der Waals surface area contributed by atoms with Gasteiger partial charge in [-0.05, 0) is 111 Å². The summed E-state index contributed by atoms with van der Waals surface area (Å²) in [6.45, 7) is 0. The van der Waals surface area contributed by atoms with Crippen molar-refractivity contribution in [1.82, 2.24) is 0 Å². The molecule has 0 radical (unpaired) electrons. The third kappa shape index (κ3) is 5.48. The van der Waals surface area contributed by atoms with Crippen molar-refractivity contribution >= 4 is 81.3 Å². The highest BCUT2D eigenvalue weighted by atomic mass is 32.1. The Bertz CT molecular complexity index is 3170. The molecule has 11 rings (SSSR count). The number of benzene rings is 9. The fourth-order valence-corrected chi connectivity index (χ4v) is 9.33. The second-order valence-corrected chi connectivity index (χ2v) is 15.2. The maximum absolute atomic E-state index is 6.17. The van der Waals surface area contributed by atoms with Gasteiger partial charge < -0.3 is 9.32 Å². The van der Waals surface area contributed by atoms with Gasteiger partial charge in [-0.3, -0.25) is 0 Å². The lowest BCUT2D eigenvalue weighted by Crippen LogP contribution is -2.09. The molecule has 3 heteroatoms. The summed E-state index contributed by atoms with van der Waals surface area (Å²) in [7, 11) is 0. The Hall–Kier alpha value is -6.94. The fourth-order valence-electron chi connectivity index (χ4n) is 8.10. The van der Waals surface area contributed by atoms with Crippen molar-refractivity contribution < 1.29 is 4.42 Å². The van der Waals surface area contributed by atoms with Crippen LogP contribution in [0, 0.1) is 0 Å². The maximum atomic E-state index is 6.17. The summed E-state index contributed by atoms with van der Waals surface area (Å²) in [5, 5.41) is 7.31. The predicted octanol–water partition coefficient (Wildman–Crippen LogP) is 15.6. The molecule has 0 spiro atoms. The van der Waals surface area contributed by atoms with Gasteiger partial charge in [-0.25, -0.2) is 0 Å². The van der Waals surface area contributed by atoms with Crippen LogP contribution in [-0.2, 0) is 0 Å². The second kappa shape index (κ2) is 12.9. The number of hydrogen-bond acceptors (Lipinski definition) is 3. The van der Waals surface area contributed by atoms with Crippen molar-refractivity contribution in [2.24, 2.45) is 0 Å². The van der Waals surface area contributed by atoms with E-state index in [2.05, 4.69) is 193 Å². The Labute approximate surface area is 322 Å². The summed E-state index contributed by atoms with van der Waals surface area (Å²) in [4.78, 5) is 2.35. The summed E-state index contributed by atoms with van der Waals surface area (Å²) < 4.78 is 8.82. The smallest absolute Gasteiger partial charge is 0.136 e. The van der Waals surface area contributed by atoms with Crippen LogP contribution in [0.3, 0.4) is 0 Å². The highest BCUT2D eigenvalue weighted by Crippen LogP contribution is 2.42. The molecule has 258 valence electrons. The van der Waals surface area contributed by atoms with E-state index in [0.717, 1.165) is 39.0 Å². The van der Waals surface area contributed by atoms with E-state index in [1.54, 1.807) is 0 Å². The van der Waals surface area contributed by atoms with Crippen molar-refractivity contribution in [3.63, 3.8) is 0 Å². The molecule has 0 fully saturated rings. The zero-order valence-corrected chi connectivity index (χ0v) is 30.6. The number of anilines is 3. The van der Waals surface area contributed by atoms with Gasteiger partial charge in [0, 0.05) is 48.0 Å². The largest absolute Gasteiger partial charge is 0.456 e. The highest BCUT2D eigenvalue weighted by molar-refractivity contribution is 7.26. The summed E-state index contributed by atoms with van der Waals surface area (Å²) >= 11 is 1.87. The van der Waals surface area contributed by atoms with Gasteiger partial charge in [-0.1, -0.05) is 133 Å². The third-order valence-electron chi connectivity index (χ3n) is 10.9. The normalized spacial score (nSPS) is 11.6. The first-order chi connectivity index (χ1) is 27.2. The van der Waals surface area contributed by atoms with Gasteiger partial charge in [-0.2, -0.15) is 0 Å². The SMILES string of the molecule is c1ccc(-c2ccc(N(c3ccc(-c4ccc5cc6oc7ccccc7c6cc5c4)cc3)c3ccc(-c4cccc5c4sc4ccccc45)cc3)cc2)cc1. The third-order valence-corrected chi connectivity index (χ3v) is 12.1. The fraction of sp³-hybridized carbons (Fsp3) is 0. The molecule has 11 aromatic rings. The van der Waals surface area contributed by atoms with Crippen LogP contribution in [-0.4, -0.2) is 0 Å². The molecule has 0 amide bonds. The van der Waals surface area contributed by atoms with Crippen LogP contribution in [0.4, 0.5) is 17.1 Å². The Kier molecular flexibility index (Phi) is 7.39. The lowest BCUT2D eigenvalue weighted by Gasteiger charge is -2.26. The van der Waals surface area contributed by atoms with Gasteiger partial charge in [0.2, 0.25) is 0 Å². The first kappa shape index (κ1) is 31.6. The summed E-state index contributed by atoms with van der Waals surface area (Å²) in [5.41, 5.74) is 12.4. The van der Waals surface area contributed by atoms with Gasteiger partial charge in [0.1, 0.15) is 11.2 Å². The van der Waals surface area contributed by atoms with Gasteiger partial charge in [0.05, 0.1) is 0 Å². The van der Waals surface area contributed by atoms with E-state index in [-0.39, 0.29) is 0 Å². The van der Waals surface area contributed by atoms with Crippen LogP contribution in [0.2, 0.25) is 0 Å². The number of para-hydroxylation sites is 1. The molecular formula is C52H33NOS. The molecule has 0 aliphatic heterocycles. The van der Waals surface area contributed by atoms with Gasteiger partial charge in [0.15, 0.2) is 0 Å². The lowest BCUT2D eigenvalue weighted by molar-refractivity contribution is 0.669. The number of furan rings is 1. The summed E-state index contributed by atoms with van der Waals surface area (Å²) in [6, 6.07) is 72.2. The Morgan fingerprint density at radius 3 is 1.67 bits per heavy atom. The molecule has 0 saturated heterocycles. The molecular weight excluding hydrogens is 687 g/mol. The molecule has 0 N–H and O–H groups in total. The maximum Gasteiger partial charge on any atom is 0.136 e. The molecule has 2 nitrogen and oxygen atoms in total. The van der Waals surface area contributed by atoms with Crippen molar-refractivity contribution in [3.05, 3.63) is 200 Å². The van der Waals surface area contributed by atoms with Crippen molar-refractivity contribution in [3.8, 4) is 33.4 Å². The van der Waals surface area contributed by atoms with Crippen LogP contribution in [0.1, 0.15) is 0 Å². The monoisotopic (exact) mass is 719 g/mol. The van der Waals surface area contributed by atoms with Crippen LogP contribution >= 0.6 is 11.3 Å². The number of fused-ring (bicyclic) bond motifs is 7. The van der Waals surface area contributed by atoms with Crippen LogP contribution in [0.25, 0.3) is 86.3 Å². The van der Waals surface area contributed by atoms with E-state index >= 15 is 0 Å². The van der Waals surface area contributed by atoms with E-state index in [0.29, 0.717) is 0 Å². The molecule has 0 saturated carbocycles. The van der Waals surface area contributed by atoms with Crippen molar-refractivity contribution in [1.29, 1.82) is 0 Å². The van der Waals surface area contributed by atoms with Crippen LogP contribution in [0.5, 0.6) is 0 Å². The number of nitrogens with zero attached hydrogens (tertiary/aromatic N) is 1. The molecule has 55 heavy (non-hydrogen) atoms. The molecule has 0 unspecified atom stereocenters. The van der Waals surface area contributed by atoms with E-state index in [1.165, 1.54) is 64.3 Å². The second-order valence-electron chi connectivity index (χ2n) is 14.1. The molecule has 0 aliphatic rings. The minimum Gasteiger partial charge on any atom is -0.456 e. The van der Waals surface area contributed by atoms with Gasteiger partial charge >= 0.3 is 0 Å². The van der Waals surface area contributed by atoms with E-state index in [1.807, 2.05) is 23.5 Å².